The minimum atomic E-state index is -2.51. The van der Waals surface area contributed by atoms with Gasteiger partial charge in [0.15, 0.2) is 5.60 Å². The lowest BCUT2D eigenvalue weighted by Crippen LogP contribution is -2.43. The summed E-state index contributed by atoms with van der Waals surface area (Å²) >= 11 is 0. The van der Waals surface area contributed by atoms with Crippen molar-refractivity contribution in [1.29, 1.82) is 0 Å². The van der Waals surface area contributed by atoms with Crippen molar-refractivity contribution in [3.8, 4) is 0 Å². The van der Waals surface area contributed by atoms with Crippen LogP contribution in [0.1, 0.15) is 129 Å². The standard InChI is InChI=1S/C26H48O7/c1-3-5-7-9-11-12-13-14-16-18-20-33-24(28)22-26(31,25(29)30)21-23(27)32-19-17-15-10-8-6-4-2/h31H,3-22H2,1-2H3,(H,29,30). The summed E-state index contributed by atoms with van der Waals surface area (Å²) in [5.74, 6) is -3.27. The Balaban J connectivity index is 3.97. The summed E-state index contributed by atoms with van der Waals surface area (Å²) in [5.41, 5.74) is -2.51. The quantitative estimate of drug-likeness (QED) is 0.140. The third-order valence-electron chi connectivity index (χ3n) is 5.79. The fraction of sp³-hybridized carbons (Fsp3) is 0.885. The number of carboxylic acids is 1. The molecule has 0 aliphatic carbocycles. The molecule has 0 heterocycles. The molecule has 0 aromatic heterocycles. The van der Waals surface area contributed by atoms with Gasteiger partial charge in [-0.2, -0.15) is 0 Å². The van der Waals surface area contributed by atoms with Gasteiger partial charge in [0.2, 0.25) is 0 Å². The van der Waals surface area contributed by atoms with E-state index in [9.17, 15) is 24.6 Å². The first-order valence-electron chi connectivity index (χ1n) is 13.1. The number of hydrogen-bond donors (Lipinski definition) is 2. The monoisotopic (exact) mass is 472 g/mol. The molecule has 0 saturated heterocycles. The molecule has 0 fully saturated rings. The summed E-state index contributed by atoms with van der Waals surface area (Å²) in [5, 5.41) is 19.6. The number of aliphatic carboxylic acids is 1. The predicted molar refractivity (Wildman–Crippen MR) is 129 cm³/mol. The Bertz CT molecular complexity index is 521. The molecule has 1 unspecified atom stereocenters. The average molecular weight is 473 g/mol. The van der Waals surface area contributed by atoms with Crippen molar-refractivity contribution in [1.82, 2.24) is 0 Å². The molecule has 0 aromatic carbocycles. The van der Waals surface area contributed by atoms with Crippen LogP contribution in [0.15, 0.2) is 0 Å². The van der Waals surface area contributed by atoms with Crippen LogP contribution in [0.4, 0.5) is 0 Å². The van der Waals surface area contributed by atoms with Crippen molar-refractivity contribution in [3.05, 3.63) is 0 Å². The largest absolute Gasteiger partial charge is 0.479 e. The van der Waals surface area contributed by atoms with E-state index in [0.717, 1.165) is 38.5 Å². The Morgan fingerprint density at radius 1 is 0.576 bits per heavy atom. The van der Waals surface area contributed by atoms with Gasteiger partial charge in [0.25, 0.3) is 0 Å². The number of carboxylic acid groups (broad SMARTS) is 1. The molecule has 2 N–H and O–H groups in total. The Hall–Kier alpha value is -1.63. The van der Waals surface area contributed by atoms with Crippen molar-refractivity contribution < 1.29 is 34.1 Å². The van der Waals surface area contributed by atoms with Crippen LogP contribution in [0.25, 0.3) is 0 Å². The molecule has 0 saturated carbocycles. The highest BCUT2D eigenvalue weighted by Crippen LogP contribution is 2.19. The summed E-state index contributed by atoms with van der Waals surface area (Å²) in [7, 11) is 0. The zero-order valence-corrected chi connectivity index (χ0v) is 21.1. The molecule has 0 spiro atoms. The third-order valence-corrected chi connectivity index (χ3v) is 5.79. The van der Waals surface area contributed by atoms with Crippen LogP contribution in [0.5, 0.6) is 0 Å². The smallest absolute Gasteiger partial charge is 0.336 e. The van der Waals surface area contributed by atoms with Crippen LogP contribution in [0.3, 0.4) is 0 Å². The van der Waals surface area contributed by atoms with Crippen molar-refractivity contribution >= 4 is 17.9 Å². The second-order valence-corrected chi connectivity index (χ2v) is 9.08. The number of aliphatic hydroxyl groups is 1. The molecule has 194 valence electrons. The summed E-state index contributed by atoms with van der Waals surface area (Å²) in [6.07, 6.45) is 16.2. The molecule has 0 aliphatic heterocycles. The first kappa shape index (κ1) is 31.4. The number of unbranched alkanes of at least 4 members (excludes halogenated alkanes) is 14. The third kappa shape index (κ3) is 18.5. The van der Waals surface area contributed by atoms with Gasteiger partial charge in [0.05, 0.1) is 26.1 Å². The van der Waals surface area contributed by atoms with E-state index in [1.54, 1.807) is 0 Å². The first-order valence-corrected chi connectivity index (χ1v) is 13.1. The summed E-state index contributed by atoms with van der Waals surface area (Å²) in [6, 6.07) is 0. The molecule has 0 rings (SSSR count). The normalized spacial score (nSPS) is 12.8. The Labute approximate surface area is 200 Å². The van der Waals surface area contributed by atoms with E-state index in [1.807, 2.05) is 0 Å². The highest BCUT2D eigenvalue weighted by atomic mass is 16.5. The number of ether oxygens (including phenoxy) is 2. The van der Waals surface area contributed by atoms with Crippen molar-refractivity contribution in [2.45, 2.75) is 135 Å². The van der Waals surface area contributed by atoms with E-state index in [4.69, 9.17) is 9.47 Å². The van der Waals surface area contributed by atoms with E-state index < -0.39 is 36.4 Å². The Kier molecular flexibility index (Phi) is 19.9. The summed E-state index contributed by atoms with van der Waals surface area (Å²) in [4.78, 5) is 35.4. The predicted octanol–water partition coefficient (Wildman–Crippen LogP) is 5.95. The summed E-state index contributed by atoms with van der Waals surface area (Å²) in [6.45, 7) is 4.72. The van der Waals surface area contributed by atoms with Gasteiger partial charge in [-0.05, 0) is 12.8 Å². The van der Waals surface area contributed by atoms with Crippen LogP contribution in [-0.4, -0.2) is 46.9 Å². The molecule has 0 aromatic rings. The van der Waals surface area contributed by atoms with Crippen LogP contribution in [0.2, 0.25) is 0 Å². The van der Waals surface area contributed by atoms with Gasteiger partial charge in [0.1, 0.15) is 0 Å². The van der Waals surface area contributed by atoms with Gasteiger partial charge < -0.3 is 19.7 Å². The van der Waals surface area contributed by atoms with Crippen LogP contribution >= 0.6 is 0 Å². The van der Waals surface area contributed by atoms with Gasteiger partial charge >= 0.3 is 17.9 Å². The number of carbonyl (C=O) groups is 3. The molecule has 0 amide bonds. The molecule has 0 radical (unpaired) electrons. The molecular weight excluding hydrogens is 424 g/mol. The molecule has 7 nitrogen and oxygen atoms in total. The fourth-order valence-electron chi connectivity index (χ4n) is 3.64. The molecular formula is C26H48O7. The number of carbonyl (C=O) groups excluding carboxylic acids is 2. The van der Waals surface area contributed by atoms with Crippen LogP contribution in [0, 0.1) is 0 Å². The highest BCUT2D eigenvalue weighted by molar-refractivity contribution is 5.88. The molecule has 0 aliphatic rings. The van der Waals surface area contributed by atoms with Gasteiger partial charge in [-0.25, -0.2) is 4.79 Å². The van der Waals surface area contributed by atoms with E-state index in [0.29, 0.717) is 12.8 Å². The van der Waals surface area contributed by atoms with E-state index >= 15 is 0 Å². The van der Waals surface area contributed by atoms with Gasteiger partial charge in [-0.1, -0.05) is 104 Å². The lowest BCUT2D eigenvalue weighted by atomic mass is 9.96. The average Bonchev–Trinajstić information content (AvgIpc) is 2.76. The van der Waals surface area contributed by atoms with E-state index in [-0.39, 0.29) is 13.2 Å². The fourth-order valence-corrected chi connectivity index (χ4v) is 3.64. The summed E-state index contributed by atoms with van der Waals surface area (Å²) < 4.78 is 10.1. The second kappa shape index (κ2) is 20.9. The number of rotatable bonds is 23. The van der Waals surface area contributed by atoms with Gasteiger partial charge in [-0.3, -0.25) is 9.59 Å². The number of hydrogen-bond acceptors (Lipinski definition) is 6. The van der Waals surface area contributed by atoms with Crippen molar-refractivity contribution in [2.75, 3.05) is 13.2 Å². The first-order chi connectivity index (χ1) is 15.9. The van der Waals surface area contributed by atoms with Crippen LogP contribution in [-0.2, 0) is 23.9 Å². The lowest BCUT2D eigenvalue weighted by molar-refractivity contribution is -0.173. The van der Waals surface area contributed by atoms with E-state index in [1.165, 1.54) is 51.4 Å². The zero-order chi connectivity index (χ0) is 24.8. The molecule has 7 heteroatoms. The zero-order valence-electron chi connectivity index (χ0n) is 21.1. The van der Waals surface area contributed by atoms with Crippen molar-refractivity contribution in [3.63, 3.8) is 0 Å². The Morgan fingerprint density at radius 2 is 0.879 bits per heavy atom. The number of esters is 2. The van der Waals surface area contributed by atoms with Gasteiger partial charge in [-0.15, -0.1) is 0 Å². The minimum absolute atomic E-state index is 0.184. The minimum Gasteiger partial charge on any atom is -0.479 e. The maximum Gasteiger partial charge on any atom is 0.336 e. The molecule has 1 atom stereocenters. The highest BCUT2D eigenvalue weighted by Gasteiger charge is 2.42. The maximum absolute atomic E-state index is 12.0. The molecule has 0 bridgehead atoms. The lowest BCUT2D eigenvalue weighted by Gasteiger charge is -2.21. The van der Waals surface area contributed by atoms with E-state index in [2.05, 4.69) is 13.8 Å². The van der Waals surface area contributed by atoms with Crippen LogP contribution < -0.4 is 0 Å². The van der Waals surface area contributed by atoms with Gasteiger partial charge in [0, 0.05) is 0 Å². The maximum atomic E-state index is 12.0. The Morgan fingerprint density at radius 3 is 1.18 bits per heavy atom. The SMILES string of the molecule is CCCCCCCCCCCCOC(=O)CC(O)(CC(=O)OCCCCCCCC)C(=O)O. The topological polar surface area (TPSA) is 110 Å². The second-order valence-electron chi connectivity index (χ2n) is 9.08. The van der Waals surface area contributed by atoms with Crippen molar-refractivity contribution in [2.24, 2.45) is 0 Å². The molecule has 33 heavy (non-hydrogen) atoms.